The zero-order valence-electron chi connectivity index (χ0n) is 11.6. The molecule has 3 heteroatoms. The minimum atomic E-state index is -0.230. The number of carbonyl (C=O) groups excluding carboxylic acids is 1. The molecular weight excluding hydrogens is 238 g/mol. The van der Waals surface area contributed by atoms with E-state index >= 15 is 0 Å². The third kappa shape index (κ3) is 9.41. The van der Waals surface area contributed by atoms with Crippen molar-refractivity contribution in [1.82, 2.24) is 5.32 Å². The van der Waals surface area contributed by atoms with Crippen LogP contribution in [0.25, 0.3) is 0 Å². The Morgan fingerprint density at radius 1 is 1.21 bits per heavy atom. The SMILES string of the molecule is C=C/C=C\C=C(/C=C)NC(=O)CO/C(C)=C/C=C\C. The molecular formula is C16H21NO2. The number of nitrogens with one attached hydrogen (secondary N) is 1. The van der Waals surface area contributed by atoms with Gasteiger partial charge in [-0.3, -0.25) is 4.79 Å². The second kappa shape index (κ2) is 10.8. The highest BCUT2D eigenvalue weighted by atomic mass is 16.5. The first-order valence-corrected chi connectivity index (χ1v) is 5.98. The summed E-state index contributed by atoms with van der Waals surface area (Å²) in [5.41, 5.74) is 0.613. The van der Waals surface area contributed by atoms with Crippen molar-refractivity contribution in [2.24, 2.45) is 0 Å². The van der Waals surface area contributed by atoms with Crippen molar-refractivity contribution in [2.45, 2.75) is 13.8 Å². The van der Waals surface area contributed by atoms with Gasteiger partial charge in [0.15, 0.2) is 6.61 Å². The van der Waals surface area contributed by atoms with Crippen LogP contribution in [0.15, 0.2) is 73.2 Å². The molecule has 0 radical (unpaired) electrons. The van der Waals surface area contributed by atoms with Crippen LogP contribution in [0.4, 0.5) is 0 Å². The van der Waals surface area contributed by atoms with E-state index in [0.29, 0.717) is 11.5 Å². The number of rotatable bonds is 8. The van der Waals surface area contributed by atoms with E-state index < -0.39 is 0 Å². The van der Waals surface area contributed by atoms with Gasteiger partial charge >= 0.3 is 0 Å². The van der Waals surface area contributed by atoms with E-state index in [1.807, 2.05) is 19.1 Å². The number of hydrogen-bond acceptors (Lipinski definition) is 2. The van der Waals surface area contributed by atoms with E-state index in [4.69, 9.17) is 4.74 Å². The molecule has 1 amide bonds. The fourth-order valence-corrected chi connectivity index (χ4v) is 1.05. The Labute approximate surface area is 115 Å². The lowest BCUT2D eigenvalue weighted by atomic mass is 10.3. The summed E-state index contributed by atoms with van der Waals surface area (Å²) in [6, 6.07) is 0. The fourth-order valence-electron chi connectivity index (χ4n) is 1.05. The summed E-state index contributed by atoms with van der Waals surface area (Å²) < 4.78 is 5.28. The molecule has 0 spiro atoms. The second-order valence-corrected chi connectivity index (χ2v) is 3.59. The molecule has 0 unspecified atom stereocenters. The Bertz CT molecular complexity index is 426. The van der Waals surface area contributed by atoms with Crippen LogP contribution >= 0.6 is 0 Å². The van der Waals surface area contributed by atoms with Gasteiger partial charge in [-0.2, -0.15) is 0 Å². The standard InChI is InChI=1S/C16H21NO2/c1-5-8-10-12-15(7-3)17-16(18)13-19-14(4)11-9-6-2/h5-12H,1,3,13H2,2,4H3,(H,17,18)/b9-6-,10-8-,14-11+,15-12+. The molecule has 0 heterocycles. The van der Waals surface area contributed by atoms with Crippen LogP contribution in [0.2, 0.25) is 0 Å². The van der Waals surface area contributed by atoms with Crippen molar-refractivity contribution in [3.63, 3.8) is 0 Å². The Balaban J connectivity index is 4.29. The molecule has 0 aliphatic heterocycles. The quantitative estimate of drug-likeness (QED) is 0.536. The van der Waals surface area contributed by atoms with Gasteiger partial charge in [0.2, 0.25) is 0 Å². The van der Waals surface area contributed by atoms with E-state index in [9.17, 15) is 4.79 Å². The van der Waals surface area contributed by atoms with Crippen molar-refractivity contribution >= 4 is 5.91 Å². The lowest BCUT2D eigenvalue weighted by molar-refractivity contribution is -0.123. The maximum atomic E-state index is 11.6. The lowest BCUT2D eigenvalue weighted by Crippen LogP contribution is -2.26. The van der Waals surface area contributed by atoms with Crippen LogP contribution in [0.3, 0.4) is 0 Å². The second-order valence-electron chi connectivity index (χ2n) is 3.59. The van der Waals surface area contributed by atoms with E-state index in [-0.39, 0.29) is 12.5 Å². The van der Waals surface area contributed by atoms with Crippen LogP contribution in [0.1, 0.15) is 13.8 Å². The lowest BCUT2D eigenvalue weighted by Gasteiger charge is -2.07. The summed E-state index contributed by atoms with van der Waals surface area (Å²) in [4.78, 5) is 11.6. The highest BCUT2D eigenvalue weighted by Gasteiger charge is 2.02. The fraction of sp³-hybridized carbons (Fsp3) is 0.188. The van der Waals surface area contributed by atoms with Crippen LogP contribution in [-0.4, -0.2) is 12.5 Å². The molecule has 0 aromatic rings. The predicted molar refractivity (Wildman–Crippen MR) is 80.3 cm³/mol. The number of carbonyl (C=O) groups is 1. The number of ether oxygens (including phenoxy) is 1. The molecule has 3 nitrogen and oxygen atoms in total. The molecule has 0 rings (SSSR count). The number of allylic oxidation sites excluding steroid dienone is 9. The molecule has 19 heavy (non-hydrogen) atoms. The Morgan fingerprint density at radius 3 is 2.53 bits per heavy atom. The summed E-state index contributed by atoms with van der Waals surface area (Å²) in [7, 11) is 0. The molecule has 0 aromatic carbocycles. The number of hydrogen-bond donors (Lipinski definition) is 1. The van der Waals surface area contributed by atoms with Gasteiger partial charge in [-0.15, -0.1) is 0 Å². The average Bonchev–Trinajstić information content (AvgIpc) is 2.41. The zero-order chi connectivity index (χ0) is 14.5. The highest BCUT2D eigenvalue weighted by Crippen LogP contribution is 1.97. The monoisotopic (exact) mass is 259 g/mol. The van der Waals surface area contributed by atoms with Crippen molar-refractivity contribution in [3.05, 3.63) is 73.2 Å². The summed E-state index contributed by atoms with van der Waals surface area (Å²) >= 11 is 0. The third-order valence-corrected chi connectivity index (χ3v) is 1.98. The molecule has 0 saturated carbocycles. The van der Waals surface area contributed by atoms with E-state index in [0.717, 1.165) is 0 Å². The molecule has 0 fully saturated rings. The molecule has 0 aromatic heterocycles. The first-order chi connectivity index (χ1) is 9.13. The normalized spacial score (nSPS) is 12.7. The third-order valence-electron chi connectivity index (χ3n) is 1.98. The van der Waals surface area contributed by atoms with Gasteiger partial charge in [-0.1, -0.05) is 43.5 Å². The molecule has 0 saturated heterocycles. The van der Waals surface area contributed by atoms with Gasteiger partial charge in [-0.25, -0.2) is 0 Å². The topological polar surface area (TPSA) is 38.3 Å². The highest BCUT2D eigenvalue weighted by molar-refractivity contribution is 5.79. The van der Waals surface area contributed by atoms with Crippen molar-refractivity contribution in [1.29, 1.82) is 0 Å². The molecule has 0 atom stereocenters. The van der Waals surface area contributed by atoms with Gasteiger partial charge in [0.1, 0.15) is 0 Å². The smallest absolute Gasteiger partial charge is 0.262 e. The molecule has 0 bridgehead atoms. The van der Waals surface area contributed by atoms with Gasteiger partial charge in [0.25, 0.3) is 5.91 Å². The predicted octanol–water partition coefficient (Wildman–Crippen LogP) is 3.41. The largest absolute Gasteiger partial charge is 0.488 e. The van der Waals surface area contributed by atoms with Gasteiger partial charge in [-0.05, 0) is 32.1 Å². The Hall–Kier alpha value is -2.29. The maximum Gasteiger partial charge on any atom is 0.262 e. The van der Waals surface area contributed by atoms with E-state index in [1.54, 1.807) is 43.4 Å². The maximum absolute atomic E-state index is 11.6. The summed E-state index contributed by atoms with van der Waals surface area (Å²) in [6.07, 6.45) is 14.0. The summed E-state index contributed by atoms with van der Waals surface area (Å²) in [5, 5.41) is 2.69. The minimum absolute atomic E-state index is 0.0315. The zero-order valence-corrected chi connectivity index (χ0v) is 11.6. The van der Waals surface area contributed by atoms with E-state index in [2.05, 4.69) is 18.5 Å². The van der Waals surface area contributed by atoms with Crippen molar-refractivity contribution in [3.8, 4) is 0 Å². The van der Waals surface area contributed by atoms with Crippen LogP contribution in [0, 0.1) is 0 Å². The van der Waals surface area contributed by atoms with Crippen molar-refractivity contribution in [2.75, 3.05) is 6.61 Å². The Kier molecular flexibility index (Phi) is 9.53. The van der Waals surface area contributed by atoms with Gasteiger partial charge in [0, 0.05) is 5.70 Å². The molecule has 1 N–H and O–H groups in total. The first kappa shape index (κ1) is 16.7. The van der Waals surface area contributed by atoms with Crippen LogP contribution in [-0.2, 0) is 9.53 Å². The van der Waals surface area contributed by atoms with Crippen LogP contribution < -0.4 is 5.32 Å². The van der Waals surface area contributed by atoms with Gasteiger partial charge < -0.3 is 10.1 Å². The van der Waals surface area contributed by atoms with Gasteiger partial charge in [0.05, 0.1) is 5.76 Å². The molecule has 102 valence electrons. The molecule has 0 aliphatic carbocycles. The Morgan fingerprint density at radius 2 is 1.95 bits per heavy atom. The van der Waals surface area contributed by atoms with Crippen molar-refractivity contribution < 1.29 is 9.53 Å². The first-order valence-electron chi connectivity index (χ1n) is 5.98. The van der Waals surface area contributed by atoms with Crippen LogP contribution in [0.5, 0.6) is 0 Å². The average molecular weight is 259 g/mol. The minimum Gasteiger partial charge on any atom is -0.488 e. The summed E-state index contributed by atoms with van der Waals surface area (Å²) in [6.45, 7) is 10.9. The summed E-state index contributed by atoms with van der Waals surface area (Å²) in [5.74, 6) is 0.454. The molecule has 0 aliphatic rings. The number of amides is 1. The van der Waals surface area contributed by atoms with E-state index in [1.165, 1.54) is 0 Å².